The van der Waals surface area contributed by atoms with E-state index in [9.17, 15) is 9.59 Å². The van der Waals surface area contributed by atoms with Gasteiger partial charge in [-0.25, -0.2) is 9.97 Å². The van der Waals surface area contributed by atoms with Crippen molar-refractivity contribution < 1.29 is 9.59 Å². The summed E-state index contributed by atoms with van der Waals surface area (Å²) >= 11 is 0. The third-order valence-corrected chi connectivity index (χ3v) is 3.71. The number of hydrogen-bond acceptors (Lipinski definition) is 5. The van der Waals surface area contributed by atoms with Crippen LogP contribution in [0.2, 0.25) is 0 Å². The van der Waals surface area contributed by atoms with Gasteiger partial charge in [0.25, 0.3) is 5.91 Å². The molecule has 2 N–H and O–H groups in total. The zero-order valence-corrected chi connectivity index (χ0v) is 15.7. The van der Waals surface area contributed by atoms with Crippen molar-refractivity contribution >= 4 is 29.1 Å². The van der Waals surface area contributed by atoms with E-state index in [0.717, 1.165) is 18.5 Å². The fraction of sp³-hybridized carbons (Fsp3) is 0.368. The highest BCUT2D eigenvalue weighted by Crippen LogP contribution is 2.19. The number of amides is 2. The van der Waals surface area contributed by atoms with E-state index in [4.69, 9.17) is 0 Å². The lowest BCUT2D eigenvalue weighted by Gasteiger charge is -2.17. The van der Waals surface area contributed by atoms with Gasteiger partial charge in [-0.05, 0) is 37.6 Å². The van der Waals surface area contributed by atoms with Crippen molar-refractivity contribution in [2.45, 2.75) is 33.6 Å². The van der Waals surface area contributed by atoms with Crippen LogP contribution in [0, 0.1) is 6.92 Å². The largest absolute Gasteiger partial charge is 0.340 e. The average molecular weight is 355 g/mol. The predicted molar refractivity (Wildman–Crippen MR) is 103 cm³/mol. The number of aromatic nitrogens is 2. The number of rotatable bonds is 7. The first kappa shape index (κ1) is 19.4. The van der Waals surface area contributed by atoms with Crippen LogP contribution < -0.4 is 10.6 Å². The fourth-order valence-electron chi connectivity index (χ4n) is 2.43. The first-order valence-electron chi connectivity index (χ1n) is 8.65. The van der Waals surface area contributed by atoms with Crippen LogP contribution in [0.1, 0.15) is 42.9 Å². The number of hydrogen-bond donors (Lipinski definition) is 2. The maximum Gasteiger partial charge on any atom is 0.272 e. The number of anilines is 3. The van der Waals surface area contributed by atoms with Crippen LogP contribution in [-0.4, -0.2) is 40.3 Å². The molecule has 1 heterocycles. The molecule has 0 aliphatic rings. The Hall–Kier alpha value is -2.96. The third-order valence-electron chi connectivity index (χ3n) is 3.71. The summed E-state index contributed by atoms with van der Waals surface area (Å²) in [5.41, 5.74) is 2.45. The molecule has 0 saturated carbocycles. The molecule has 1 aromatic carbocycles. The Labute approximate surface area is 153 Å². The predicted octanol–water partition coefficient (Wildman–Crippen LogP) is 3.36. The normalized spacial score (nSPS) is 10.3. The van der Waals surface area contributed by atoms with Gasteiger partial charge < -0.3 is 15.5 Å². The number of nitrogens with zero attached hydrogens (tertiary/aromatic N) is 3. The van der Waals surface area contributed by atoms with Crippen molar-refractivity contribution in [3.63, 3.8) is 0 Å². The standard InChI is InChI=1S/C19H25N5O2/c1-5-6-10-24(4)18(26)17-11-13(2)20-19(23-17)22-16-9-7-8-15(12-16)21-14(3)25/h7-9,11-12H,5-6,10H2,1-4H3,(H,21,25)(H,20,22,23). The maximum atomic E-state index is 12.5. The monoisotopic (exact) mass is 355 g/mol. The van der Waals surface area contributed by atoms with Crippen LogP contribution in [0.3, 0.4) is 0 Å². The van der Waals surface area contributed by atoms with Gasteiger partial charge in [-0.1, -0.05) is 19.4 Å². The SMILES string of the molecule is CCCCN(C)C(=O)c1cc(C)nc(Nc2cccc(NC(C)=O)c2)n1. The molecule has 26 heavy (non-hydrogen) atoms. The molecule has 0 atom stereocenters. The maximum absolute atomic E-state index is 12.5. The third kappa shape index (κ3) is 5.54. The minimum atomic E-state index is -0.142. The number of nitrogens with one attached hydrogen (secondary N) is 2. The quantitative estimate of drug-likeness (QED) is 0.795. The zero-order valence-electron chi connectivity index (χ0n) is 15.7. The molecule has 138 valence electrons. The van der Waals surface area contributed by atoms with Crippen molar-refractivity contribution in [2.24, 2.45) is 0 Å². The Morgan fingerprint density at radius 1 is 1.15 bits per heavy atom. The number of carbonyl (C=O) groups excluding carboxylic acids is 2. The highest BCUT2D eigenvalue weighted by atomic mass is 16.2. The molecule has 0 saturated heterocycles. The number of benzene rings is 1. The van der Waals surface area contributed by atoms with Crippen molar-refractivity contribution in [3.05, 3.63) is 41.7 Å². The van der Waals surface area contributed by atoms with E-state index in [1.54, 1.807) is 30.1 Å². The van der Waals surface area contributed by atoms with Crippen LogP contribution in [0.4, 0.5) is 17.3 Å². The van der Waals surface area contributed by atoms with Gasteiger partial charge in [0.15, 0.2) is 0 Å². The Morgan fingerprint density at radius 3 is 2.58 bits per heavy atom. The Bertz CT molecular complexity index is 791. The Kier molecular flexibility index (Phi) is 6.66. The second kappa shape index (κ2) is 8.94. The molecule has 0 aliphatic heterocycles. The highest BCUT2D eigenvalue weighted by Gasteiger charge is 2.15. The minimum Gasteiger partial charge on any atom is -0.340 e. The molecule has 0 unspecified atom stereocenters. The summed E-state index contributed by atoms with van der Waals surface area (Å²) in [5.74, 6) is 0.0770. The Morgan fingerprint density at radius 2 is 1.88 bits per heavy atom. The van der Waals surface area contributed by atoms with Gasteiger partial charge in [0.1, 0.15) is 5.69 Å². The molecule has 0 aliphatic carbocycles. The average Bonchev–Trinajstić information content (AvgIpc) is 2.58. The summed E-state index contributed by atoms with van der Waals surface area (Å²) in [6.07, 6.45) is 1.98. The zero-order chi connectivity index (χ0) is 19.1. The lowest BCUT2D eigenvalue weighted by atomic mass is 10.2. The van der Waals surface area contributed by atoms with Crippen molar-refractivity contribution in [2.75, 3.05) is 24.2 Å². The summed E-state index contributed by atoms with van der Waals surface area (Å²) in [4.78, 5) is 34.1. The molecule has 2 aromatic rings. The summed E-state index contributed by atoms with van der Waals surface area (Å²) < 4.78 is 0. The Balaban J connectivity index is 2.19. The molecule has 2 rings (SSSR count). The molecule has 0 fully saturated rings. The van der Waals surface area contributed by atoms with Gasteiger partial charge in [0.05, 0.1) is 0 Å². The molecule has 0 spiro atoms. The summed E-state index contributed by atoms with van der Waals surface area (Å²) in [6.45, 7) is 6.06. The number of carbonyl (C=O) groups is 2. The van der Waals surface area contributed by atoms with Crippen molar-refractivity contribution in [1.82, 2.24) is 14.9 Å². The lowest BCUT2D eigenvalue weighted by molar-refractivity contribution is -0.114. The van der Waals surface area contributed by atoms with E-state index in [2.05, 4.69) is 27.5 Å². The molecular weight excluding hydrogens is 330 g/mol. The first-order valence-corrected chi connectivity index (χ1v) is 8.65. The molecule has 1 aromatic heterocycles. The van der Waals surface area contributed by atoms with E-state index in [1.807, 2.05) is 19.1 Å². The molecule has 0 radical (unpaired) electrons. The van der Waals surface area contributed by atoms with Gasteiger partial charge >= 0.3 is 0 Å². The minimum absolute atomic E-state index is 0.126. The van der Waals surface area contributed by atoms with E-state index in [1.165, 1.54) is 6.92 Å². The smallest absolute Gasteiger partial charge is 0.272 e. The van der Waals surface area contributed by atoms with Crippen LogP contribution in [0.25, 0.3) is 0 Å². The highest BCUT2D eigenvalue weighted by molar-refractivity contribution is 5.92. The second-order valence-corrected chi connectivity index (χ2v) is 6.19. The van der Waals surface area contributed by atoms with Gasteiger partial charge in [-0.2, -0.15) is 0 Å². The van der Waals surface area contributed by atoms with Gasteiger partial charge in [0, 0.05) is 37.6 Å². The number of unbranched alkanes of at least 4 members (excludes halogenated alkanes) is 1. The number of aryl methyl sites for hydroxylation is 1. The summed E-state index contributed by atoms with van der Waals surface area (Å²) in [5, 5.41) is 5.82. The molecular formula is C19H25N5O2. The van der Waals surface area contributed by atoms with E-state index in [0.29, 0.717) is 29.6 Å². The van der Waals surface area contributed by atoms with Gasteiger partial charge in [-0.15, -0.1) is 0 Å². The van der Waals surface area contributed by atoms with Crippen molar-refractivity contribution in [3.8, 4) is 0 Å². The van der Waals surface area contributed by atoms with Crippen LogP contribution in [-0.2, 0) is 4.79 Å². The molecule has 2 amide bonds. The van der Waals surface area contributed by atoms with E-state index in [-0.39, 0.29) is 11.8 Å². The topological polar surface area (TPSA) is 87.2 Å². The lowest BCUT2D eigenvalue weighted by Crippen LogP contribution is -2.28. The van der Waals surface area contributed by atoms with Gasteiger partial charge in [0.2, 0.25) is 11.9 Å². The first-order chi connectivity index (χ1) is 12.4. The van der Waals surface area contributed by atoms with E-state index < -0.39 is 0 Å². The van der Waals surface area contributed by atoms with E-state index >= 15 is 0 Å². The summed E-state index contributed by atoms with van der Waals surface area (Å²) in [7, 11) is 1.78. The molecule has 7 heteroatoms. The molecule has 7 nitrogen and oxygen atoms in total. The van der Waals surface area contributed by atoms with Crippen molar-refractivity contribution in [1.29, 1.82) is 0 Å². The van der Waals surface area contributed by atoms with Crippen LogP contribution in [0.5, 0.6) is 0 Å². The van der Waals surface area contributed by atoms with Crippen LogP contribution in [0.15, 0.2) is 30.3 Å². The van der Waals surface area contributed by atoms with Crippen LogP contribution >= 0.6 is 0 Å². The summed E-state index contributed by atoms with van der Waals surface area (Å²) in [6, 6.07) is 8.91. The fourth-order valence-corrected chi connectivity index (χ4v) is 2.43. The molecule has 0 bridgehead atoms. The second-order valence-electron chi connectivity index (χ2n) is 6.19. The van der Waals surface area contributed by atoms with Gasteiger partial charge in [-0.3, -0.25) is 9.59 Å².